The Kier molecular flexibility index (Phi) is 20.4. The summed E-state index contributed by atoms with van der Waals surface area (Å²) in [7, 11) is 0. The van der Waals surface area contributed by atoms with Crippen molar-refractivity contribution in [2.24, 2.45) is 0 Å². The highest BCUT2D eigenvalue weighted by Crippen LogP contribution is 2.13. The maximum Gasteiger partial charge on any atom is 0.0465 e. The van der Waals surface area contributed by atoms with Crippen LogP contribution in [0.15, 0.2) is 12.2 Å². The third-order valence-corrected chi connectivity index (χ3v) is 4.44. The van der Waals surface area contributed by atoms with E-state index in [1.54, 1.807) is 0 Å². The Labute approximate surface area is 140 Å². The lowest BCUT2D eigenvalue weighted by molar-refractivity contribution is 0.302. The van der Waals surface area contributed by atoms with Crippen LogP contribution in [0, 0.1) is 0 Å². The number of allylic oxidation sites excluding steroid dienone is 1. The van der Waals surface area contributed by atoms with E-state index in [1.807, 2.05) is 0 Å². The van der Waals surface area contributed by atoms with Crippen LogP contribution < -0.4 is 0 Å². The van der Waals surface area contributed by atoms with Crippen LogP contribution in [-0.2, 0) is 0 Å². The summed E-state index contributed by atoms with van der Waals surface area (Å²) in [6.45, 7) is 2.58. The first-order valence-corrected chi connectivity index (χ1v) is 10.2. The van der Waals surface area contributed by atoms with Gasteiger partial charge < -0.3 is 5.11 Å². The zero-order valence-electron chi connectivity index (χ0n) is 15.3. The van der Waals surface area contributed by atoms with Crippen LogP contribution in [0.3, 0.4) is 0 Å². The van der Waals surface area contributed by atoms with E-state index in [0.29, 0.717) is 0 Å². The standard InChI is InChI=1S/C21H42O/c1-2-3-4-5-6-7-8-9-10-11-12-13-14-15-16-17-18-19-20-21-22/h18-19,22H,2-17,20-21H2,1H3. The first-order valence-electron chi connectivity index (χ1n) is 10.2. The zero-order valence-corrected chi connectivity index (χ0v) is 15.3. The van der Waals surface area contributed by atoms with Gasteiger partial charge in [0.15, 0.2) is 0 Å². The molecule has 0 fully saturated rings. The normalized spacial score (nSPS) is 11.5. The van der Waals surface area contributed by atoms with Gasteiger partial charge >= 0.3 is 0 Å². The highest BCUT2D eigenvalue weighted by Gasteiger charge is 1.94. The highest BCUT2D eigenvalue weighted by molar-refractivity contribution is 4.80. The van der Waals surface area contributed by atoms with Gasteiger partial charge in [0, 0.05) is 6.61 Å². The molecule has 0 unspecified atom stereocenters. The molecule has 22 heavy (non-hydrogen) atoms. The van der Waals surface area contributed by atoms with E-state index in [0.717, 1.165) is 6.42 Å². The predicted molar refractivity (Wildman–Crippen MR) is 100 cm³/mol. The number of aliphatic hydroxyl groups excluding tert-OH is 1. The molecule has 1 N–H and O–H groups in total. The minimum absolute atomic E-state index is 0.287. The smallest absolute Gasteiger partial charge is 0.0465 e. The van der Waals surface area contributed by atoms with Gasteiger partial charge in [0.2, 0.25) is 0 Å². The molecule has 0 aliphatic rings. The molecule has 0 heterocycles. The average Bonchev–Trinajstić information content (AvgIpc) is 2.54. The van der Waals surface area contributed by atoms with Gasteiger partial charge in [0.25, 0.3) is 0 Å². The van der Waals surface area contributed by atoms with Gasteiger partial charge in [-0.05, 0) is 19.3 Å². The molecule has 0 aliphatic heterocycles. The maximum absolute atomic E-state index is 8.65. The summed E-state index contributed by atoms with van der Waals surface area (Å²) in [5.41, 5.74) is 0. The van der Waals surface area contributed by atoms with Gasteiger partial charge in [-0.25, -0.2) is 0 Å². The molecule has 0 aromatic carbocycles. The van der Waals surface area contributed by atoms with Crippen LogP contribution in [0.4, 0.5) is 0 Å². The Morgan fingerprint density at radius 2 is 0.864 bits per heavy atom. The molecule has 0 radical (unpaired) electrons. The van der Waals surface area contributed by atoms with E-state index in [2.05, 4.69) is 19.1 Å². The number of unbranched alkanes of at least 4 members (excludes halogenated alkanes) is 15. The molecule has 0 saturated carbocycles. The fraction of sp³-hybridized carbons (Fsp3) is 0.905. The van der Waals surface area contributed by atoms with Crippen molar-refractivity contribution in [1.82, 2.24) is 0 Å². The first-order chi connectivity index (χ1) is 10.9. The molecule has 0 bridgehead atoms. The molecule has 132 valence electrons. The van der Waals surface area contributed by atoms with Crippen molar-refractivity contribution in [1.29, 1.82) is 0 Å². The van der Waals surface area contributed by atoms with Crippen LogP contribution in [0.1, 0.15) is 116 Å². The number of hydrogen-bond donors (Lipinski definition) is 1. The Bertz CT molecular complexity index is 210. The highest BCUT2D eigenvalue weighted by atomic mass is 16.2. The minimum atomic E-state index is 0.287. The SMILES string of the molecule is CCCCCCCCCCCCCCCCCC=CCCO. The van der Waals surface area contributed by atoms with Crippen molar-refractivity contribution in [2.45, 2.75) is 116 Å². The van der Waals surface area contributed by atoms with Gasteiger partial charge in [-0.15, -0.1) is 0 Å². The van der Waals surface area contributed by atoms with E-state index in [1.165, 1.54) is 103 Å². The average molecular weight is 311 g/mol. The maximum atomic E-state index is 8.65. The quantitative estimate of drug-likeness (QED) is 0.210. The Morgan fingerprint density at radius 3 is 1.27 bits per heavy atom. The summed E-state index contributed by atoms with van der Waals surface area (Å²) in [6, 6.07) is 0. The Balaban J connectivity index is 2.97. The van der Waals surface area contributed by atoms with Gasteiger partial charge in [0.1, 0.15) is 0 Å². The largest absolute Gasteiger partial charge is 0.396 e. The van der Waals surface area contributed by atoms with E-state index < -0.39 is 0 Å². The predicted octanol–water partition coefficient (Wildman–Crippen LogP) is 7.19. The second-order valence-corrected chi connectivity index (χ2v) is 6.72. The van der Waals surface area contributed by atoms with E-state index in [4.69, 9.17) is 5.11 Å². The minimum Gasteiger partial charge on any atom is -0.396 e. The Hall–Kier alpha value is -0.300. The fourth-order valence-corrected chi connectivity index (χ4v) is 2.94. The second kappa shape index (κ2) is 20.7. The fourth-order valence-electron chi connectivity index (χ4n) is 2.94. The lowest BCUT2D eigenvalue weighted by Crippen LogP contribution is -1.83. The van der Waals surface area contributed by atoms with Crippen LogP contribution in [0.25, 0.3) is 0 Å². The summed E-state index contributed by atoms with van der Waals surface area (Å²) in [6.07, 6.45) is 27.8. The molecule has 0 aliphatic carbocycles. The van der Waals surface area contributed by atoms with E-state index in [9.17, 15) is 0 Å². The number of rotatable bonds is 18. The third-order valence-electron chi connectivity index (χ3n) is 4.44. The molecular weight excluding hydrogens is 268 g/mol. The van der Waals surface area contributed by atoms with Crippen molar-refractivity contribution in [3.05, 3.63) is 12.2 Å². The molecule has 0 atom stereocenters. The van der Waals surface area contributed by atoms with E-state index >= 15 is 0 Å². The van der Waals surface area contributed by atoms with Gasteiger partial charge in [-0.3, -0.25) is 0 Å². The molecule has 0 amide bonds. The van der Waals surface area contributed by atoms with Gasteiger partial charge in [-0.1, -0.05) is 109 Å². The molecule has 0 rings (SSSR count). The van der Waals surface area contributed by atoms with Gasteiger partial charge in [0.05, 0.1) is 0 Å². The summed E-state index contributed by atoms with van der Waals surface area (Å²) in [4.78, 5) is 0. The molecular formula is C21H42O. The lowest BCUT2D eigenvalue weighted by Gasteiger charge is -2.03. The topological polar surface area (TPSA) is 20.2 Å². The monoisotopic (exact) mass is 310 g/mol. The summed E-state index contributed by atoms with van der Waals surface area (Å²) < 4.78 is 0. The second-order valence-electron chi connectivity index (χ2n) is 6.72. The van der Waals surface area contributed by atoms with E-state index in [-0.39, 0.29) is 6.61 Å². The number of aliphatic hydroxyl groups is 1. The molecule has 1 nitrogen and oxygen atoms in total. The zero-order chi connectivity index (χ0) is 16.1. The molecule has 0 saturated heterocycles. The molecule has 1 heteroatoms. The van der Waals surface area contributed by atoms with Crippen molar-refractivity contribution in [3.8, 4) is 0 Å². The lowest BCUT2D eigenvalue weighted by atomic mass is 10.0. The summed E-state index contributed by atoms with van der Waals surface area (Å²) >= 11 is 0. The van der Waals surface area contributed by atoms with Gasteiger partial charge in [-0.2, -0.15) is 0 Å². The van der Waals surface area contributed by atoms with Crippen LogP contribution in [0.5, 0.6) is 0 Å². The molecule has 0 spiro atoms. The van der Waals surface area contributed by atoms with Crippen molar-refractivity contribution in [2.75, 3.05) is 6.61 Å². The summed E-state index contributed by atoms with van der Waals surface area (Å²) in [5, 5.41) is 8.65. The van der Waals surface area contributed by atoms with Crippen LogP contribution in [-0.4, -0.2) is 11.7 Å². The van der Waals surface area contributed by atoms with Crippen molar-refractivity contribution < 1.29 is 5.11 Å². The molecule has 0 aromatic heterocycles. The first kappa shape index (κ1) is 21.7. The van der Waals surface area contributed by atoms with Crippen molar-refractivity contribution in [3.63, 3.8) is 0 Å². The third kappa shape index (κ3) is 19.7. The Morgan fingerprint density at radius 1 is 0.500 bits per heavy atom. The van der Waals surface area contributed by atoms with Crippen molar-refractivity contribution >= 4 is 0 Å². The molecule has 0 aromatic rings. The van der Waals surface area contributed by atoms with Crippen LogP contribution in [0.2, 0.25) is 0 Å². The van der Waals surface area contributed by atoms with Crippen LogP contribution >= 0.6 is 0 Å². The number of hydrogen-bond acceptors (Lipinski definition) is 1. The summed E-state index contributed by atoms with van der Waals surface area (Å²) in [5.74, 6) is 0.